The maximum absolute atomic E-state index is 13.1. The minimum absolute atomic E-state index is 0.298. The van der Waals surface area contributed by atoms with Crippen LogP contribution in [0.15, 0.2) is 72.8 Å². The number of carbonyl (C=O) groups excluding carboxylic acids is 2. The summed E-state index contributed by atoms with van der Waals surface area (Å²) in [6, 6.07) is 21.7. The van der Waals surface area contributed by atoms with E-state index in [2.05, 4.69) is 42.8 Å². The lowest BCUT2D eigenvalue weighted by Gasteiger charge is -2.20. The number of nitrogens with two attached hydrogens (primary N) is 1. The van der Waals surface area contributed by atoms with Crippen LogP contribution in [0.5, 0.6) is 11.5 Å². The number of likely N-dealkylation sites (N-methyl/N-ethyl adjacent to an activating group) is 2. The Morgan fingerprint density at radius 3 is 2.05 bits per heavy atom. The highest BCUT2D eigenvalue weighted by Crippen LogP contribution is 2.27. The van der Waals surface area contributed by atoms with E-state index in [0.29, 0.717) is 56.3 Å². The van der Waals surface area contributed by atoms with Gasteiger partial charge in [0.2, 0.25) is 5.91 Å². The van der Waals surface area contributed by atoms with Gasteiger partial charge >= 0.3 is 5.97 Å². The summed E-state index contributed by atoms with van der Waals surface area (Å²) in [5, 5.41) is 2.90. The fourth-order valence-corrected chi connectivity index (χ4v) is 4.62. The van der Waals surface area contributed by atoms with Crippen molar-refractivity contribution in [3.8, 4) is 11.5 Å². The quantitative estimate of drug-likeness (QED) is 0.184. The summed E-state index contributed by atoms with van der Waals surface area (Å²) in [5.74, 6) is 0.360. The van der Waals surface area contributed by atoms with Gasteiger partial charge in [-0.25, -0.2) is 4.79 Å². The molecule has 0 saturated heterocycles. The van der Waals surface area contributed by atoms with Crippen molar-refractivity contribution in [3.05, 3.63) is 89.5 Å². The molecule has 1 atom stereocenters. The molecule has 0 aromatic heterocycles. The number of hydrogen-bond acceptors (Lipinski definition) is 8. The van der Waals surface area contributed by atoms with E-state index >= 15 is 0 Å². The van der Waals surface area contributed by atoms with E-state index in [1.165, 1.54) is 0 Å². The van der Waals surface area contributed by atoms with Crippen molar-refractivity contribution in [2.24, 2.45) is 5.73 Å². The Morgan fingerprint density at radius 1 is 0.773 bits per heavy atom. The smallest absolute Gasteiger partial charge is 0.338 e. The van der Waals surface area contributed by atoms with Gasteiger partial charge in [0.15, 0.2) is 0 Å². The first kappa shape index (κ1) is 34.6. The average Bonchev–Trinajstić information content (AvgIpc) is 3.05. The summed E-state index contributed by atoms with van der Waals surface area (Å²) in [6.07, 6.45) is 0.347. The fraction of sp³-hybridized carbons (Fsp3) is 0.429. The van der Waals surface area contributed by atoms with Gasteiger partial charge in [-0.15, -0.1) is 0 Å². The maximum Gasteiger partial charge on any atom is 0.338 e. The summed E-state index contributed by atoms with van der Waals surface area (Å²) in [7, 11) is 0. The van der Waals surface area contributed by atoms with Gasteiger partial charge in [-0.1, -0.05) is 70.2 Å². The van der Waals surface area contributed by atoms with Gasteiger partial charge in [0.25, 0.3) is 0 Å². The second-order valence-corrected chi connectivity index (χ2v) is 10.5. The molecule has 0 radical (unpaired) electrons. The molecule has 0 aliphatic carbocycles. The van der Waals surface area contributed by atoms with Crippen molar-refractivity contribution in [3.63, 3.8) is 0 Å². The molecule has 44 heavy (non-hydrogen) atoms. The minimum atomic E-state index is -0.792. The molecule has 3 rings (SSSR count). The molecule has 3 aromatic rings. The zero-order valence-corrected chi connectivity index (χ0v) is 26.6. The number of ether oxygens (including phenoxy) is 3. The molecule has 0 heterocycles. The largest absolute Gasteiger partial charge is 0.490 e. The summed E-state index contributed by atoms with van der Waals surface area (Å²) >= 11 is 0. The van der Waals surface area contributed by atoms with E-state index < -0.39 is 12.0 Å². The highest BCUT2D eigenvalue weighted by Gasteiger charge is 2.19. The van der Waals surface area contributed by atoms with Crippen molar-refractivity contribution < 1.29 is 23.8 Å². The zero-order valence-electron chi connectivity index (χ0n) is 26.6. The first-order chi connectivity index (χ1) is 21.4. The predicted octanol–water partition coefficient (Wildman–Crippen LogP) is 4.99. The number of carbonyl (C=O) groups is 2. The molecule has 0 saturated carbocycles. The highest BCUT2D eigenvalue weighted by molar-refractivity contribution is 5.97. The van der Waals surface area contributed by atoms with Crippen LogP contribution >= 0.6 is 0 Å². The summed E-state index contributed by atoms with van der Waals surface area (Å²) < 4.78 is 17.4. The topological polar surface area (TPSA) is 106 Å². The van der Waals surface area contributed by atoms with Crippen LogP contribution < -0.4 is 20.5 Å². The van der Waals surface area contributed by atoms with Crippen LogP contribution in [0.1, 0.15) is 49.2 Å². The van der Waals surface area contributed by atoms with Crippen LogP contribution in [-0.2, 0) is 22.6 Å². The molecule has 0 spiro atoms. The van der Waals surface area contributed by atoms with E-state index in [0.717, 1.165) is 43.1 Å². The monoisotopic (exact) mass is 604 g/mol. The van der Waals surface area contributed by atoms with E-state index in [1.54, 1.807) is 18.2 Å². The number of esters is 1. The van der Waals surface area contributed by atoms with Gasteiger partial charge in [-0.2, -0.15) is 0 Å². The molecular weight excluding hydrogens is 556 g/mol. The molecule has 238 valence electrons. The van der Waals surface area contributed by atoms with Crippen molar-refractivity contribution in [2.45, 2.75) is 46.8 Å². The zero-order chi connectivity index (χ0) is 31.7. The number of rotatable bonds is 19. The Labute approximate surface area is 262 Å². The molecular formula is C35H48N4O5. The van der Waals surface area contributed by atoms with E-state index in [4.69, 9.17) is 19.9 Å². The summed E-state index contributed by atoms with van der Waals surface area (Å²) in [4.78, 5) is 30.3. The number of nitrogens with one attached hydrogen (secondary N) is 1. The average molecular weight is 605 g/mol. The van der Waals surface area contributed by atoms with Crippen LogP contribution in [0.3, 0.4) is 0 Å². The van der Waals surface area contributed by atoms with E-state index in [1.807, 2.05) is 54.6 Å². The van der Waals surface area contributed by atoms with Gasteiger partial charge in [-0.05, 0) is 74.1 Å². The van der Waals surface area contributed by atoms with E-state index in [9.17, 15) is 9.59 Å². The number of anilines is 1. The van der Waals surface area contributed by atoms with Gasteiger partial charge in [0, 0.05) is 13.1 Å². The first-order valence-corrected chi connectivity index (χ1v) is 15.6. The van der Waals surface area contributed by atoms with Crippen LogP contribution in [0.2, 0.25) is 0 Å². The second-order valence-electron chi connectivity index (χ2n) is 10.5. The van der Waals surface area contributed by atoms with Crippen molar-refractivity contribution in [2.75, 3.05) is 57.8 Å². The van der Waals surface area contributed by atoms with Crippen LogP contribution in [0.4, 0.5) is 5.69 Å². The van der Waals surface area contributed by atoms with Crippen molar-refractivity contribution >= 4 is 17.6 Å². The molecule has 0 unspecified atom stereocenters. The number of nitrogens with zero attached hydrogens (tertiary/aromatic N) is 2. The first-order valence-electron chi connectivity index (χ1n) is 15.6. The molecule has 0 fully saturated rings. The Bertz CT molecular complexity index is 1280. The third-order valence-corrected chi connectivity index (χ3v) is 7.53. The molecule has 0 bridgehead atoms. The summed E-state index contributed by atoms with van der Waals surface area (Å²) in [5.41, 5.74) is 9.13. The third-order valence-electron chi connectivity index (χ3n) is 7.53. The number of amides is 1. The highest BCUT2D eigenvalue weighted by atomic mass is 16.5. The maximum atomic E-state index is 13.1. The third kappa shape index (κ3) is 11.3. The number of hydrogen-bond donors (Lipinski definition) is 2. The molecule has 0 aliphatic rings. The second kappa shape index (κ2) is 18.7. The predicted molar refractivity (Wildman–Crippen MR) is 175 cm³/mol. The van der Waals surface area contributed by atoms with Crippen LogP contribution in [0, 0.1) is 0 Å². The number of benzene rings is 3. The van der Waals surface area contributed by atoms with Gasteiger partial charge in [0.05, 0.1) is 17.3 Å². The van der Waals surface area contributed by atoms with Gasteiger partial charge < -0.3 is 35.1 Å². The molecule has 3 N–H and O–H groups in total. The van der Waals surface area contributed by atoms with Crippen molar-refractivity contribution in [1.29, 1.82) is 0 Å². The summed E-state index contributed by atoms with van der Waals surface area (Å²) in [6.45, 7) is 14.5. The fourth-order valence-electron chi connectivity index (χ4n) is 4.62. The molecule has 0 aliphatic heterocycles. The minimum Gasteiger partial charge on any atom is -0.490 e. The van der Waals surface area contributed by atoms with Crippen LogP contribution in [0.25, 0.3) is 0 Å². The Hall–Kier alpha value is -3.92. The Kier molecular flexibility index (Phi) is 14.7. The lowest BCUT2D eigenvalue weighted by Crippen LogP contribution is -2.37. The normalized spacial score (nSPS) is 11.8. The van der Waals surface area contributed by atoms with Gasteiger partial charge in [-0.3, -0.25) is 4.79 Å². The standard InChI is InChI=1S/C35H48N4O5/c1-5-38(6-2)20-22-42-33-25-29(35(41)43-23-21-39(7-3)8-4)16-19-32(33)37-34(40)31(36)24-27-14-17-30(18-15-27)44-26-28-12-10-9-11-13-28/h9-19,25,31H,5-8,20-24,26,36H2,1-4H3,(H,37,40)/t31-/m1/s1. The molecule has 1 amide bonds. The SMILES string of the molecule is CCN(CC)CCOC(=O)c1ccc(NC(=O)[C@H](N)Cc2ccc(OCc3ccccc3)cc2)c(OCCN(CC)CC)c1. The Morgan fingerprint density at radius 2 is 1.41 bits per heavy atom. The lowest BCUT2D eigenvalue weighted by molar-refractivity contribution is -0.117. The lowest BCUT2D eigenvalue weighted by atomic mass is 10.1. The Balaban J connectivity index is 1.62. The molecule has 9 nitrogen and oxygen atoms in total. The van der Waals surface area contributed by atoms with E-state index in [-0.39, 0.29) is 5.91 Å². The van der Waals surface area contributed by atoms with Gasteiger partial charge in [0.1, 0.15) is 31.3 Å². The molecule has 9 heteroatoms. The van der Waals surface area contributed by atoms with Crippen molar-refractivity contribution in [1.82, 2.24) is 9.80 Å². The van der Waals surface area contributed by atoms with Crippen LogP contribution in [-0.4, -0.2) is 80.2 Å². The molecule has 3 aromatic carbocycles.